The van der Waals surface area contributed by atoms with Gasteiger partial charge in [-0.2, -0.15) is 18.2 Å². The van der Waals surface area contributed by atoms with Crippen molar-refractivity contribution >= 4 is 11.8 Å². The van der Waals surface area contributed by atoms with Gasteiger partial charge in [0.1, 0.15) is 5.82 Å². The topological polar surface area (TPSA) is 97.6 Å². The first kappa shape index (κ1) is 23.4. The van der Waals surface area contributed by atoms with Crippen LogP contribution in [0.3, 0.4) is 0 Å². The number of nitrogens with zero attached hydrogens (tertiary/aromatic N) is 3. The van der Waals surface area contributed by atoms with E-state index in [0.717, 1.165) is 6.07 Å². The Kier molecular flexibility index (Phi) is 6.59. The normalized spacial score (nSPS) is 16.4. The van der Waals surface area contributed by atoms with Gasteiger partial charge in [-0.25, -0.2) is 4.39 Å². The lowest BCUT2D eigenvalue weighted by molar-refractivity contribution is -0.159. The van der Waals surface area contributed by atoms with Gasteiger partial charge in [0.15, 0.2) is 0 Å². The molecule has 0 saturated carbocycles. The lowest BCUT2D eigenvalue weighted by atomic mass is 10.1. The van der Waals surface area contributed by atoms with E-state index in [-0.39, 0.29) is 48.1 Å². The van der Waals surface area contributed by atoms with E-state index < -0.39 is 29.8 Å². The smallest absolute Gasteiger partial charge is 0.377 e. The molecule has 2 aromatic carbocycles. The number of rotatable bonds is 5. The van der Waals surface area contributed by atoms with Crippen molar-refractivity contribution in [1.29, 1.82) is 0 Å². The van der Waals surface area contributed by atoms with Crippen LogP contribution in [-0.2, 0) is 10.9 Å². The predicted molar refractivity (Wildman–Crippen MR) is 109 cm³/mol. The molecule has 8 nitrogen and oxygen atoms in total. The fourth-order valence-electron chi connectivity index (χ4n) is 3.42. The van der Waals surface area contributed by atoms with Gasteiger partial charge in [0.05, 0.1) is 19.3 Å². The van der Waals surface area contributed by atoms with Gasteiger partial charge in [0, 0.05) is 29.8 Å². The number of nitrogens with one attached hydrogen (secondary N) is 1. The molecule has 1 aliphatic heterocycles. The molecular weight excluding hydrogens is 460 g/mol. The second-order valence-electron chi connectivity index (χ2n) is 7.45. The Morgan fingerprint density at radius 1 is 1.12 bits per heavy atom. The summed E-state index contributed by atoms with van der Waals surface area (Å²) in [5.41, 5.74) is 0.676. The zero-order chi connectivity index (χ0) is 24.3. The van der Waals surface area contributed by atoms with E-state index >= 15 is 0 Å². The predicted octanol–water partition coefficient (Wildman–Crippen LogP) is 3.17. The summed E-state index contributed by atoms with van der Waals surface area (Å²) in [5, 5.41) is 6.01. The molecule has 1 atom stereocenters. The summed E-state index contributed by atoms with van der Waals surface area (Å²) in [7, 11) is 0. The first-order valence-corrected chi connectivity index (χ1v) is 10.2. The van der Waals surface area contributed by atoms with Crippen molar-refractivity contribution in [2.24, 2.45) is 0 Å². The molecule has 1 aromatic heterocycles. The minimum atomic E-state index is -4.75. The maximum absolute atomic E-state index is 13.5. The Morgan fingerprint density at radius 3 is 2.56 bits per heavy atom. The molecule has 2 amide bonds. The summed E-state index contributed by atoms with van der Waals surface area (Å²) in [6.45, 7) is 0.884. The van der Waals surface area contributed by atoms with E-state index in [2.05, 4.69) is 20.0 Å². The molecule has 0 bridgehead atoms. The SMILES string of the molecule is O=C(NC[C@@H]1COCCN1C(=O)c1cccc(F)c1)c1ccc(-c2noc(C(F)(F)F)n2)cc1. The molecule has 0 unspecified atom stereocenters. The number of carbonyl (C=O) groups excluding carboxylic acids is 2. The summed E-state index contributed by atoms with van der Waals surface area (Å²) in [6.07, 6.45) is -4.75. The van der Waals surface area contributed by atoms with Gasteiger partial charge in [-0.3, -0.25) is 9.59 Å². The summed E-state index contributed by atoms with van der Waals surface area (Å²) in [6, 6.07) is 10.5. The summed E-state index contributed by atoms with van der Waals surface area (Å²) < 4.78 is 61.0. The van der Waals surface area contributed by atoms with Gasteiger partial charge >= 0.3 is 12.1 Å². The minimum absolute atomic E-state index is 0.0847. The number of alkyl halides is 3. The lowest BCUT2D eigenvalue weighted by Gasteiger charge is -2.35. The van der Waals surface area contributed by atoms with Crippen LogP contribution in [-0.4, -0.2) is 59.2 Å². The number of carbonyl (C=O) groups is 2. The minimum Gasteiger partial charge on any atom is -0.377 e. The van der Waals surface area contributed by atoms with Crippen LogP contribution in [0.2, 0.25) is 0 Å². The van der Waals surface area contributed by atoms with E-state index in [0.29, 0.717) is 6.61 Å². The van der Waals surface area contributed by atoms with Crippen molar-refractivity contribution in [2.75, 3.05) is 26.3 Å². The van der Waals surface area contributed by atoms with Crippen LogP contribution in [0.1, 0.15) is 26.6 Å². The molecular formula is C22H18F4N4O4. The van der Waals surface area contributed by atoms with Gasteiger partial charge in [-0.1, -0.05) is 23.4 Å². The lowest BCUT2D eigenvalue weighted by Crippen LogP contribution is -2.53. The molecule has 1 N–H and O–H groups in total. The highest BCUT2D eigenvalue weighted by Crippen LogP contribution is 2.29. The largest absolute Gasteiger partial charge is 0.471 e. The number of amides is 2. The Morgan fingerprint density at radius 2 is 1.88 bits per heavy atom. The average Bonchev–Trinajstić information content (AvgIpc) is 3.33. The van der Waals surface area contributed by atoms with E-state index in [4.69, 9.17) is 4.74 Å². The van der Waals surface area contributed by atoms with Crippen molar-refractivity contribution in [1.82, 2.24) is 20.4 Å². The number of halogens is 4. The molecule has 0 aliphatic carbocycles. The van der Waals surface area contributed by atoms with Crippen molar-refractivity contribution < 1.29 is 36.4 Å². The quantitative estimate of drug-likeness (QED) is 0.566. The number of aromatic nitrogens is 2. The first-order chi connectivity index (χ1) is 16.2. The zero-order valence-corrected chi connectivity index (χ0v) is 17.5. The molecule has 0 radical (unpaired) electrons. The summed E-state index contributed by atoms with van der Waals surface area (Å²) >= 11 is 0. The fourth-order valence-corrected chi connectivity index (χ4v) is 3.42. The van der Waals surface area contributed by atoms with Crippen LogP contribution in [0, 0.1) is 5.82 Å². The highest BCUT2D eigenvalue weighted by atomic mass is 19.4. The standard InChI is InChI=1S/C22H18F4N4O4/c23-16-3-1-2-15(10-16)20(32)30-8-9-33-12-17(30)11-27-19(31)14-6-4-13(5-7-14)18-28-21(34-29-18)22(24,25)26/h1-7,10,17H,8-9,11-12H2,(H,27,31)/t17-/m1/s1. The van der Waals surface area contributed by atoms with Crippen LogP contribution in [0.25, 0.3) is 11.4 Å². The maximum Gasteiger partial charge on any atom is 0.471 e. The summed E-state index contributed by atoms with van der Waals surface area (Å²) in [5.74, 6) is -3.08. The van der Waals surface area contributed by atoms with Gasteiger partial charge in [0.2, 0.25) is 5.82 Å². The van der Waals surface area contributed by atoms with Crippen LogP contribution in [0.4, 0.5) is 17.6 Å². The van der Waals surface area contributed by atoms with Crippen LogP contribution in [0.15, 0.2) is 53.1 Å². The van der Waals surface area contributed by atoms with E-state index in [9.17, 15) is 27.2 Å². The molecule has 4 rings (SSSR count). The van der Waals surface area contributed by atoms with E-state index in [1.165, 1.54) is 47.4 Å². The molecule has 1 aliphatic rings. The third-order valence-electron chi connectivity index (χ3n) is 5.13. The maximum atomic E-state index is 13.5. The fraction of sp³-hybridized carbons (Fsp3) is 0.273. The Hall–Kier alpha value is -3.80. The van der Waals surface area contributed by atoms with Crippen molar-refractivity contribution in [2.45, 2.75) is 12.2 Å². The van der Waals surface area contributed by atoms with Gasteiger partial charge < -0.3 is 19.5 Å². The third kappa shape index (κ3) is 5.22. The molecule has 1 saturated heterocycles. The molecule has 178 valence electrons. The summed E-state index contributed by atoms with van der Waals surface area (Å²) in [4.78, 5) is 30.2. The third-order valence-corrected chi connectivity index (χ3v) is 5.13. The average molecular weight is 478 g/mol. The van der Waals surface area contributed by atoms with Crippen LogP contribution >= 0.6 is 0 Å². The number of benzene rings is 2. The highest BCUT2D eigenvalue weighted by molar-refractivity contribution is 5.95. The molecule has 34 heavy (non-hydrogen) atoms. The molecule has 12 heteroatoms. The van der Waals surface area contributed by atoms with Crippen LogP contribution in [0.5, 0.6) is 0 Å². The molecule has 3 aromatic rings. The van der Waals surface area contributed by atoms with Gasteiger partial charge in [-0.15, -0.1) is 0 Å². The second-order valence-corrected chi connectivity index (χ2v) is 7.45. The first-order valence-electron chi connectivity index (χ1n) is 10.2. The molecule has 0 spiro atoms. The van der Waals surface area contributed by atoms with Crippen molar-refractivity contribution in [3.8, 4) is 11.4 Å². The Labute approximate surface area is 190 Å². The van der Waals surface area contributed by atoms with Gasteiger partial charge in [-0.05, 0) is 30.3 Å². The van der Waals surface area contributed by atoms with E-state index in [1.807, 2.05) is 0 Å². The molecule has 2 heterocycles. The monoisotopic (exact) mass is 478 g/mol. The number of morpholine rings is 1. The van der Waals surface area contributed by atoms with Crippen molar-refractivity contribution in [3.05, 3.63) is 71.4 Å². The number of hydrogen-bond acceptors (Lipinski definition) is 6. The molecule has 1 fully saturated rings. The van der Waals surface area contributed by atoms with Crippen LogP contribution < -0.4 is 5.32 Å². The zero-order valence-electron chi connectivity index (χ0n) is 17.5. The number of hydrogen-bond donors (Lipinski definition) is 1. The Bertz CT molecular complexity index is 1180. The highest BCUT2D eigenvalue weighted by Gasteiger charge is 2.38. The Balaban J connectivity index is 1.39. The number of ether oxygens (including phenoxy) is 1. The second kappa shape index (κ2) is 9.59. The van der Waals surface area contributed by atoms with Crippen molar-refractivity contribution in [3.63, 3.8) is 0 Å². The van der Waals surface area contributed by atoms with Gasteiger partial charge in [0.25, 0.3) is 11.8 Å². The van der Waals surface area contributed by atoms with E-state index in [1.54, 1.807) is 0 Å².